The fourth-order valence-electron chi connectivity index (χ4n) is 1.39. The number of amides is 2. The van der Waals surface area contributed by atoms with Crippen molar-refractivity contribution in [3.05, 3.63) is 47.8 Å². The summed E-state index contributed by atoms with van der Waals surface area (Å²) in [5.74, 6) is 0.512. The summed E-state index contributed by atoms with van der Waals surface area (Å²) >= 11 is 0. The van der Waals surface area contributed by atoms with Crippen LogP contribution < -0.4 is 10.7 Å². The lowest BCUT2D eigenvalue weighted by Gasteiger charge is -2.01. The molecule has 2 rings (SSSR count). The molecule has 0 saturated heterocycles. The van der Waals surface area contributed by atoms with Crippen molar-refractivity contribution < 1.29 is 18.4 Å². The highest BCUT2D eigenvalue weighted by molar-refractivity contribution is 5.94. The molecule has 0 aliphatic rings. The zero-order valence-corrected chi connectivity index (χ0v) is 10.8. The first kappa shape index (κ1) is 13.6. The molecule has 2 heterocycles. The molecule has 0 fully saturated rings. The monoisotopic (exact) mass is 275 g/mol. The Morgan fingerprint density at radius 1 is 1.35 bits per heavy atom. The summed E-state index contributed by atoms with van der Waals surface area (Å²) in [5, 5.41) is 6.10. The van der Waals surface area contributed by atoms with Crippen LogP contribution in [0.4, 0.5) is 0 Å². The minimum absolute atomic E-state index is 0.146. The van der Waals surface area contributed by atoms with Crippen molar-refractivity contribution >= 4 is 18.0 Å². The van der Waals surface area contributed by atoms with E-state index in [1.165, 1.54) is 18.5 Å². The van der Waals surface area contributed by atoms with Crippen LogP contribution in [-0.2, 0) is 4.79 Å². The van der Waals surface area contributed by atoms with Crippen molar-refractivity contribution in [2.75, 3.05) is 6.54 Å². The first-order valence-electron chi connectivity index (χ1n) is 5.85. The maximum Gasteiger partial charge on any atom is 0.287 e. The van der Waals surface area contributed by atoms with Crippen molar-refractivity contribution in [1.29, 1.82) is 0 Å². The van der Waals surface area contributed by atoms with Crippen LogP contribution in [0.2, 0.25) is 0 Å². The summed E-state index contributed by atoms with van der Waals surface area (Å²) in [7, 11) is 0. The van der Waals surface area contributed by atoms with Gasteiger partial charge in [-0.1, -0.05) is 0 Å². The topological polar surface area (TPSA) is 96.8 Å². The van der Waals surface area contributed by atoms with Crippen molar-refractivity contribution in [3.63, 3.8) is 0 Å². The summed E-state index contributed by atoms with van der Waals surface area (Å²) in [4.78, 5) is 22.9. The first-order valence-corrected chi connectivity index (χ1v) is 5.85. The second-order valence-electron chi connectivity index (χ2n) is 3.90. The molecule has 20 heavy (non-hydrogen) atoms. The Hall–Kier alpha value is -2.83. The molecule has 2 amide bonds. The zero-order chi connectivity index (χ0) is 14.4. The van der Waals surface area contributed by atoms with E-state index >= 15 is 0 Å². The van der Waals surface area contributed by atoms with Crippen LogP contribution in [0.15, 0.2) is 44.5 Å². The molecule has 104 valence electrons. The highest BCUT2D eigenvalue weighted by Gasteiger charge is 2.09. The van der Waals surface area contributed by atoms with E-state index in [1.807, 2.05) is 0 Å². The van der Waals surface area contributed by atoms with Gasteiger partial charge in [0.2, 0.25) is 0 Å². The summed E-state index contributed by atoms with van der Waals surface area (Å²) in [5.41, 5.74) is 2.27. The fraction of sp³-hybridized carbons (Fsp3) is 0.154. The van der Waals surface area contributed by atoms with Gasteiger partial charge in [0.15, 0.2) is 5.76 Å². The number of rotatable bonds is 5. The van der Waals surface area contributed by atoms with E-state index in [2.05, 4.69) is 15.8 Å². The van der Waals surface area contributed by atoms with Crippen LogP contribution in [0.5, 0.6) is 0 Å². The predicted octanol–water partition coefficient (Wildman–Crippen LogP) is 1.06. The average molecular weight is 275 g/mol. The van der Waals surface area contributed by atoms with Crippen LogP contribution >= 0.6 is 0 Å². The Morgan fingerprint density at radius 3 is 2.85 bits per heavy atom. The standard InChI is InChI=1S/C13H13N3O4/c1-9-4-5-10(20-9)7-15-16-12(17)8-14-13(18)11-3-2-6-19-11/h2-7H,8H2,1H3,(H,14,18)(H,16,17)/b15-7-. The minimum atomic E-state index is -0.462. The third-order valence-corrected chi connectivity index (χ3v) is 2.30. The van der Waals surface area contributed by atoms with E-state index in [-0.39, 0.29) is 12.3 Å². The number of hydrogen-bond donors (Lipinski definition) is 2. The van der Waals surface area contributed by atoms with Crippen molar-refractivity contribution in [2.45, 2.75) is 6.92 Å². The number of hydrogen-bond acceptors (Lipinski definition) is 5. The molecule has 2 N–H and O–H groups in total. The summed E-state index contributed by atoms with van der Waals surface area (Å²) in [6, 6.07) is 6.60. The molecule has 7 heteroatoms. The average Bonchev–Trinajstić information content (AvgIpc) is 3.07. The fourth-order valence-corrected chi connectivity index (χ4v) is 1.39. The number of hydrazone groups is 1. The highest BCUT2D eigenvalue weighted by atomic mass is 16.3. The van der Waals surface area contributed by atoms with E-state index in [0.29, 0.717) is 5.76 Å². The third-order valence-electron chi connectivity index (χ3n) is 2.30. The minimum Gasteiger partial charge on any atom is -0.460 e. The number of carbonyl (C=O) groups excluding carboxylic acids is 2. The van der Waals surface area contributed by atoms with Gasteiger partial charge in [-0.15, -0.1) is 0 Å². The number of nitrogens with zero attached hydrogens (tertiary/aromatic N) is 1. The molecule has 7 nitrogen and oxygen atoms in total. The largest absolute Gasteiger partial charge is 0.460 e. The van der Waals surface area contributed by atoms with Gasteiger partial charge in [-0.2, -0.15) is 5.10 Å². The second kappa shape index (κ2) is 6.37. The first-order chi connectivity index (χ1) is 9.65. The van der Waals surface area contributed by atoms with Gasteiger partial charge < -0.3 is 14.2 Å². The van der Waals surface area contributed by atoms with Crippen molar-refractivity contribution in [1.82, 2.24) is 10.7 Å². The lowest BCUT2D eigenvalue weighted by molar-refractivity contribution is -0.120. The summed E-state index contributed by atoms with van der Waals surface area (Å²) in [6.45, 7) is 1.61. The molecule has 2 aromatic heterocycles. The zero-order valence-electron chi connectivity index (χ0n) is 10.8. The van der Waals surface area contributed by atoms with E-state index in [1.54, 1.807) is 25.1 Å². The van der Waals surface area contributed by atoms with Gasteiger partial charge >= 0.3 is 0 Å². The van der Waals surface area contributed by atoms with E-state index in [0.717, 1.165) is 5.76 Å². The van der Waals surface area contributed by atoms with Gasteiger partial charge in [0, 0.05) is 0 Å². The molecule has 0 aromatic carbocycles. The number of carbonyl (C=O) groups is 2. The molecule has 0 aliphatic carbocycles. The van der Waals surface area contributed by atoms with Crippen LogP contribution in [0.25, 0.3) is 0 Å². The molecule has 0 saturated carbocycles. The Kier molecular flexibility index (Phi) is 4.33. The van der Waals surface area contributed by atoms with Crippen molar-refractivity contribution in [2.24, 2.45) is 5.10 Å². The summed E-state index contributed by atoms with van der Waals surface area (Å²) in [6.07, 6.45) is 2.75. The Balaban J connectivity index is 1.73. The van der Waals surface area contributed by atoms with Gasteiger partial charge in [-0.05, 0) is 31.2 Å². The SMILES string of the molecule is Cc1ccc(/C=N\NC(=O)CNC(=O)c2ccco2)o1. The molecular weight excluding hydrogens is 262 g/mol. The van der Waals surface area contributed by atoms with Gasteiger partial charge in [-0.3, -0.25) is 9.59 Å². The third kappa shape index (κ3) is 3.84. The molecule has 2 aromatic rings. The Morgan fingerprint density at radius 2 is 2.20 bits per heavy atom. The maximum atomic E-state index is 11.5. The Bertz CT molecular complexity index is 613. The molecular formula is C13H13N3O4. The van der Waals surface area contributed by atoms with Gasteiger partial charge in [0.25, 0.3) is 11.8 Å². The summed E-state index contributed by atoms with van der Waals surface area (Å²) < 4.78 is 10.1. The van der Waals surface area contributed by atoms with Crippen molar-refractivity contribution in [3.8, 4) is 0 Å². The van der Waals surface area contributed by atoms with E-state index < -0.39 is 11.8 Å². The van der Waals surface area contributed by atoms with Crippen LogP contribution in [0.3, 0.4) is 0 Å². The lowest BCUT2D eigenvalue weighted by Crippen LogP contribution is -2.34. The van der Waals surface area contributed by atoms with Crippen LogP contribution in [0, 0.1) is 6.92 Å². The molecule has 0 aliphatic heterocycles. The Labute approximate surface area is 114 Å². The number of nitrogens with one attached hydrogen (secondary N) is 2. The van der Waals surface area contributed by atoms with Gasteiger partial charge in [0.1, 0.15) is 11.5 Å². The van der Waals surface area contributed by atoms with E-state index in [4.69, 9.17) is 8.83 Å². The number of aryl methyl sites for hydroxylation is 1. The lowest BCUT2D eigenvalue weighted by atomic mass is 10.4. The molecule has 0 unspecified atom stereocenters. The quantitative estimate of drug-likeness (QED) is 0.630. The molecule has 0 atom stereocenters. The molecule has 0 bridgehead atoms. The van der Waals surface area contributed by atoms with E-state index in [9.17, 15) is 9.59 Å². The predicted molar refractivity (Wildman–Crippen MR) is 70.2 cm³/mol. The van der Waals surface area contributed by atoms with Crippen LogP contribution in [0.1, 0.15) is 22.1 Å². The molecule has 0 spiro atoms. The smallest absolute Gasteiger partial charge is 0.287 e. The second-order valence-corrected chi connectivity index (χ2v) is 3.90. The number of furan rings is 2. The van der Waals surface area contributed by atoms with Gasteiger partial charge in [0.05, 0.1) is 19.0 Å². The maximum absolute atomic E-state index is 11.5. The molecule has 0 radical (unpaired) electrons. The normalized spacial score (nSPS) is 10.7. The van der Waals surface area contributed by atoms with Crippen LogP contribution in [-0.4, -0.2) is 24.6 Å². The van der Waals surface area contributed by atoms with Gasteiger partial charge in [-0.25, -0.2) is 5.43 Å². The highest BCUT2D eigenvalue weighted by Crippen LogP contribution is 2.02.